The van der Waals surface area contributed by atoms with Gasteiger partial charge in [-0.1, -0.05) is 19.1 Å². The molecule has 4 fully saturated rings. The maximum absolute atomic E-state index is 11.7. The Balaban J connectivity index is 1.48. The van der Waals surface area contributed by atoms with Crippen LogP contribution in [-0.2, 0) is 11.8 Å². The molecule has 4 saturated carbocycles. The van der Waals surface area contributed by atoms with Crippen molar-refractivity contribution in [3.63, 3.8) is 0 Å². The molecule has 166 valence electrons. The van der Waals surface area contributed by atoms with Crippen LogP contribution < -0.4 is 4.74 Å². The first-order valence-corrected chi connectivity index (χ1v) is 12.8. The van der Waals surface area contributed by atoms with E-state index in [0.717, 1.165) is 45.9 Å². The van der Waals surface area contributed by atoms with Crippen molar-refractivity contribution in [1.29, 1.82) is 0 Å². The molecule has 2 aromatic carbocycles. The Morgan fingerprint density at radius 2 is 1.75 bits per heavy atom. The Hall–Kier alpha value is -2.33. The largest absolute Gasteiger partial charge is 0.496 e. The maximum atomic E-state index is 11.7. The predicted molar refractivity (Wildman–Crippen MR) is 130 cm³/mol. The Bertz CT molecular complexity index is 1190. The lowest BCUT2D eigenvalue weighted by atomic mass is 9.48. The molecule has 7 rings (SSSR count). The molecule has 0 atom stereocenters. The van der Waals surface area contributed by atoms with Crippen molar-refractivity contribution in [2.45, 2.75) is 57.3 Å². The van der Waals surface area contributed by atoms with Crippen LogP contribution in [0, 0.1) is 17.8 Å². The van der Waals surface area contributed by atoms with Crippen LogP contribution in [0.4, 0.5) is 0 Å². The van der Waals surface area contributed by atoms with E-state index in [0.29, 0.717) is 5.56 Å². The summed E-state index contributed by atoms with van der Waals surface area (Å²) in [5.74, 6) is 2.88. The van der Waals surface area contributed by atoms with Gasteiger partial charge in [0.05, 0.1) is 12.7 Å². The van der Waals surface area contributed by atoms with Gasteiger partial charge >= 0.3 is 5.97 Å². The fraction of sp³-hybridized carbons (Fsp3) is 0.464. The minimum absolute atomic E-state index is 0.276. The molecule has 0 unspecified atom stereocenters. The summed E-state index contributed by atoms with van der Waals surface area (Å²) in [5, 5.41) is 13.8. The number of methoxy groups -OCH3 is 1. The minimum Gasteiger partial charge on any atom is -0.496 e. The molecule has 0 radical (unpaired) electrons. The minimum atomic E-state index is -0.834. The number of carbonyl (C=O) groups is 1. The van der Waals surface area contributed by atoms with E-state index >= 15 is 0 Å². The quantitative estimate of drug-likeness (QED) is 0.447. The summed E-state index contributed by atoms with van der Waals surface area (Å²) in [6, 6.07) is 11.2. The van der Waals surface area contributed by atoms with Gasteiger partial charge in [-0.3, -0.25) is 0 Å². The zero-order valence-electron chi connectivity index (χ0n) is 18.8. The lowest BCUT2D eigenvalue weighted by molar-refractivity contribution is -0.00609. The monoisotopic (exact) mass is 446 g/mol. The molecule has 1 heterocycles. The van der Waals surface area contributed by atoms with Crippen LogP contribution in [0.15, 0.2) is 35.7 Å². The SMILES string of the molecule is CCc1c(C(=O)O)csc1-c1ccc2cc(OC)c(C34CC5CC(CC(C5)C3)C4)cc2c1. The van der Waals surface area contributed by atoms with Gasteiger partial charge in [0.15, 0.2) is 0 Å². The van der Waals surface area contributed by atoms with E-state index in [2.05, 4.69) is 30.3 Å². The fourth-order valence-electron chi connectivity index (χ4n) is 7.60. The summed E-state index contributed by atoms with van der Waals surface area (Å²) in [4.78, 5) is 12.7. The number of thiophene rings is 1. The number of aromatic carboxylic acids is 1. The van der Waals surface area contributed by atoms with Gasteiger partial charge in [-0.15, -0.1) is 11.3 Å². The van der Waals surface area contributed by atoms with Gasteiger partial charge < -0.3 is 9.84 Å². The average Bonchev–Trinajstić information content (AvgIpc) is 3.21. The molecule has 4 aliphatic carbocycles. The smallest absolute Gasteiger partial charge is 0.336 e. The molecular formula is C28H30O3S. The summed E-state index contributed by atoms with van der Waals surface area (Å²) in [6.45, 7) is 2.04. The molecule has 3 nitrogen and oxygen atoms in total. The first-order valence-electron chi connectivity index (χ1n) is 12.0. The molecule has 3 aromatic rings. The number of rotatable bonds is 5. The highest BCUT2D eigenvalue weighted by molar-refractivity contribution is 7.14. The highest BCUT2D eigenvalue weighted by Gasteiger charge is 2.52. The summed E-state index contributed by atoms with van der Waals surface area (Å²) in [6.07, 6.45) is 8.96. The van der Waals surface area contributed by atoms with Crippen LogP contribution >= 0.6 is 11.3 Å². The lowest BCUT2D eigenvalue weighted by Gasteiger charge is -2.57. The van der Waals surface area contributed by atoms with Crippen molar-refractivity contribution in [3.05, 3.63) is 52.4 Å². The molecule has 0 spiro atoms. The summed E-state index contributed by atoms with van der Waals surface area (Å²) < 4.78 is 5.96. The van der Waals surface area contributed by atoms with Gasteiger partial charge in [-0.25, -0.2) is 4.79 Å². The Morgan fingerprint density at radius 1 is 1.06 bits per heavy atom. The van der Waals surface area contributed by atoms with Crippen molar-refractivity contribution in [3.8, 4) is 16.2 Å². The van der Waals surface area contributed by atoms with E-state index in [-0.39, 0.29) is 5.41 Å². The van der Waals surface area contributed by atoms with Crippen molar-refractivity contribution in [2.24, 2.45) is 17.8 Å². The van der Waals surface area contributed by atoms with Crippen LogP contribution in [-0.4, -0.2) is 18.2 Å². The normalized spacial score (nSPS) is 28.4. The molecule has 4 bridgehead atoms. The van der Waals surface area contributed by atoms with E-state index in [1.165, 1.54) is 54.9 Å². The molecule has 4 aliphatic rings. The van der Waals surface area contributed by atoms with Gasteiger partial charge in [-0.05, 0) is 108 Å². The van der Waals surface area contributed by atoms with Gasteiger partial charge in [0.1, 0.15) is 5.75 Å². The third kappa shape index (κ3) is 3.02. The molecule has 1 aromatic heterocycles. The van der Waals surface area contributed by atoms with Crippen LogP contribution in [0.1, 0.15) is 66.9 Å². The van der Waals surface area contributed by atoms with E-state index in [4.69, 9.17) is 4.74 Å². The molecule has 32 heavy (non-hydrogen) atoms. The van der Waals surface area contributed by atoms with Crippen LogP contribution in [0.5, 0.6) is 5.75 Å². The Morgan fingerprint density at radius 3 is 2.34 bits per heavy atom. The van der Waals surface area contributed by atoms with Crippen LogP contribution in [0.25, 0.3) is 21.2 Å². The van der Waals surface area contributed by atoms with Gasteiger partial charge in [0.25, 0.3) is 0 Å². The first-order chi connectivity index (χ1) is 15.5. The number of ether oxygens (including phenoxy) is 1. The molecule has 4 heteroatoms. The second-order valence-electron chi connectivity index (χ2n) is 10.4. The molecule has 1 N–H and O–H groups in total. The maximum Gasteiger partial charge on any atom is 0.336 e. The van der Waals surface area contributed by atoms with E-state index in [1.54, 1.807) is 16.7 Å². The Kier molecular flexibility index (Phi) is 4.66. The van der Waals surface area contributed by atoms with Crippen molar-refractivity contribution >= 4 is 28.1 Å². The lowest BCUT2D eigenvalue weighted by Crippen LogP contribution is -2.48. The van der Waals surface area contributed by atoms with Gasteiger partial charge in [0.2, 0.25) is 0 Å². The van der Waals surface area contributed by atoms with Crippen molar-refractivity contribution in [2.75, 3.05) is 7.11 Å². The highest BCUT2D eigenvalue weighted by Crippen LogP contribution is 2.62. The van der Waals surface area contributed by atoms with Gasteiger partial charge in [-0.2, -0.15) is 0 Å². The van der Waals surface area contributed by atoms with Crippen molar-refractivity contribution < 1.29 is 14.6 Å². The van der Waals surface area contributed by atoms with Crippen molar-refractivity contribution in [1.82, 2.24) is 0 Å². The molecule has 0 aliphatic heterocycles. The zero-order valence-corrected chi connectivity index (χ0v) is 19.6. The third-order valence-corrected chi connectivity index (χ3v) is 9.58. The van der Waals surface area contributed by atoms with Gasteiger partial charge in [0, 0.05) is 15.8 Å². The number of fused-ring (bicyclic) bond motifs is 1. The van der Waals surface area contributed by atoms with E-state index in [1.807, 2.05) is 14.0 Å². The number of carboxylic acid groups (broad SMARTS) is 1. The molecule has 0 saturated heterocycles. The zero-order chi connectivity index (χ0) is 22.0. The summed E-state index contributed by atoms with van der Waals surface area (Å²) >= 11 is 1.54. The first kappa shape index (κ1) is 20.3. The number of hydrogen-bond donors (Lipinski definition) is 1. The number of carboxylic acids is 1. The summed E-state index contributed by atoms with van der Waals surface area (Å²) in [7, 11) is 1.81. The summed E-state index contributed by atoms with van der Waals surface area (Å²) in [5.41, 5.74) is 4.19. The predicted octanol–water partition coefficient (Wildman–Crippen LogP) is 7.31. The van der Waals surface area contributed by atoms with E-state index in [9.17, 15) is 9.90 Å². The number of hydrogen-bond acceptors (Lipinski definition) is 3. The fourth-order valence-corrected chi connectivity index (χ4v) is 8.74. The highest BCUT2D eigenvalue weighted by atomic mass is 32.1. The molecule has 0 amide bonds. The van der Waals surface area contributed by atoms with Crippen LogP contribution in [0.2, 0.25) is 0 Å². The second kappa shape index (κ2) is 7.34. The topological polar surface area (TPSA) is 46.5 Å². The second-order valence-corrected chi connectivity index (χ2v) is 11.3. The van der Waals surface area contributed by atoms with E-state index < -0.39 is 5.97 Å². The third-order valence-electron chi connectivity index (χ3n) is 8.51. The standard InChI is InChI=1S/C28H30O3S/c1-3-22-23(27(29)30)15-32-26(22)20-5-4-19-11-25(31-2)24(10-21(19)9-20)28-12-16-6-17(13-28)8-18(7-16)14-28/h4-5,9-11,15-18H,3,6-8,12-14H2,1-2H3,(H,29,30). The molecular weight excluding hydrogens is 416 g/mol. The average molecular weight is 447 g/mol. The van der Waals surface area contributed by atoms with Crippen LogP contribution in [0.3, 0.4) is 0 Å². The number of benzene rings is 2. The Labute approximate surface area is 193 Å².